The molecule has 0 unspecified atom stereocenters. The van der Waals surface area contributed by atoms with Crippen molar-refractivity contribution in [3.05, 3.63) is 22.7 Å². The minimum Gasteiger partial charge on any atom is -0.495 e. The Balaban J connectivity index is 3.35. The highest BCUT2D eigenvalue weighted by atomic mass is 35.5. The van der Waals surface area contributed by atoms with Crippen LogP contribution in [0, 0.1) is 0 Å². The lowest BCUT2D eigenvalue weighted by Crippen LogP contribution is -2.12. The van der Waals surface area contributed by atoms with Crippen LogP contribution in [0.1, 0.15) is 10.4 Å². The van der Waals surface area contributed by atoms with Gasteiger partial charge in [0, 0.05) is 0 Å². The molecular weight excluding hydrogens is 206 g/mol. The predicted molar refractivity (Wildman–Crippen MR) is 53.1 cm³/mol. The molecule has 0 fully saturated rings. The second-order valence-corrected chi connectivity index (χ2v) is 2.90. The number of rotatable bonds is 3. The van der Waals surface area contributed by atoms with E-state index in [-0.39, 0.29) is 16.3 Å². The molecule has 14 heavy (non-hydrogen) atoms. The molecule has 0 saturated carbocycles. The molecule has 5 heteroatoms. The summed E-state index contributed by atoms with van der Waals surface area (Å²) in [5.41, 5.74) is 5.37. The van der Waals surface area contributed by atoms with Crippen LogP contribution in [0.2, 0.25) is 5.02 Å². The maximum absolute atomic E-state index is 11.0. The molecule has 1 rings (SSSR count). The summed E-state index contributed by atoms with van der Waals surface area (Å²) in [6.45, 7) is 0. The zero-order valence-electron chi connectivity index (χ0n) is 7.83. The molecule has 1 aromatic rings. The molecule has 0 bridgehead atoms. The molecule has 0 aliphatic carbocycles. The minimum absolute atomic E-state index is 0.235. The molecule has 0 radical (unpaired) electrons. The smallest absolute Gasteiger partial charge is 0.252 e. The van der Waals surface area contributed by atoms with E-state index in [0.717, 1.165) is 0 Å². The van der Waals surface area contributed by atoms with E-state index in [1.54, 1.807) is 6.07 Å². The van der Waals surface area contributed by atoms with Crippen LogP contribution < -0.4 is 15.2 Å². The highest BCUT2D eigenvalue weighted by Gasteiger charge is 2.16. The van der Waals surface area contributed by atoms with Crippen molar-refractivity contribution in [3.8, 4) is 11.5 Å². The van der Waals surface area contributed by atoms with Gasteiger partial charge in [-0.2, -0.15) is 0 Å². The summed E-state index contributed by atoms with van der Waals surface area (Å²) in [6, 6.07) is 3.07. The van der Waals surface area contributed by atoms with Gasteiger partial charge < -0.3 is 15.2 Å². The van der Waals surface area contributed by atoms with Gasteiger partial charge in [-0.15, -0.1) is 0 Å². The van der Waals surface area contributed by atoms with E-state index in [0.29, 0.717) is 5.75 Å². The lowest BCUT2D eigenvalue weighted by molar-refractivity contribution is 0.0997. The normalized spacial score (nSPS) is 9.64. The maximum atomic E-state index is 11.0. The number of methoxy groups -OCH3 is 2. The van der Waals surface area contributed by atoms with E-state index in [2.05, 4.69) is 0 Å². The van der Waals surface area contributed by atoms with E-state index in [1.165, 1.54) is 20.3 Å². The summed E-state index contributed by atoms with van der Waals surface area (Å²) in [7, 11) is 2.89. The largest absolute Gasteiger partial charge is 0.495 e. The number of hydrogen-bond acceptors (Lipinski definition) is 3. The Morgan fingerprint density at radius 2 is 2.00 bits per heavy atom. The number of primary amides is 1. The van der Waals surface area contributed by atoms with E-state index >= 15 is 0 Å². The van der Waals surface area contributed by atoms with Gasteiger partial charge in [0.2, 0.25) is 0 Å². The van der Waals surface area contributed by atoms with Crippen LogP contribution in [0.25, 0.3) is 0 Å². The van der Waals surface area contributed by atoms with Crippen molar-refractivity contribution in [2.24, 2.45) is 5.73 Å². The quantitative estimate of drug-likeness (QED) is 0.830. The number of benzene rings is 1. The Morgan fingerprint density at radius 1 is 1.36 bits per heavy atom. The zero-order valence-corrected chi connectivity index (χ0v) is 8.59. The Kier molecular flexibility index (Phi) is 3.19. The number of amides is 1. The Labute approximate surface area is 86.6 Å². The Hall–Kier alpha value is -1.42. The number of nitrogens with two attached hydrogens (primary N) is 1. The van der Waals surface area contributed by atoms with Crippen molar-refractivity contribution in [1.29, 1.82) is 0 Å². The fraction of sp³-hybridized carbons (Fsp3) is 0.222. The molecule has 1 aromatic carbocycles. The first-order chi connectivity index (χ1) is 6.61. The van der Waals surface area contributed by atoms with Crippen molar-refractivity contribution in [3.63, 3.8) is 0 Å². The van der Waals surface area contributed by atoms with E-state index in [1.807, 2.05) is 0 Å². The van der Waals surface area contributed by atoms with Gasteiger partial charge in [-0.1, -0.05) is 11.6 Å². The van der Waals surface area contributed by atoms with Gasteiger partial charge in [-0.05, 0) is 12.1 Å². The van der Waals surface area contributed by atoms with E-state index in [9.17, 15) is 4.79 Å². The number of ether oxygens (including phenoxy) is 2. The zero-order chi connectivity index (χ0) is 10.7. The lowest BCUT2D eigenvalue weighted by Gasteiger charge is -2.10. The van der Waals surface area contributed by atoms with Crippen LogP contribution in [-0.2, 0) is 0 Å². The van der Waals surface area contributed by atoms with Crippen molar-refractivity contribution >= 4 is 17.5 Å². The summed E-state index contributed by atoms with van der Waals surface area (Å²) < 4.78 is 9.93. The van der Waals surface area contributed by atoms with Gasteiger partial charge >= 0.3 is 0 Å². The number of hydrogen-bond donors (Lipinski definition) is 1. The van der Waals surface area contributed by atoms with Gasteiger partial charge in [0.1, 0.15) is 10.8 Å². The first kappa shape index (κ1) is 10.7. The first-order valence-electron chi connectivity index (χ1n) is 3.82. The van der Waals surface area contributed by atoms with Crippen molar-refractivity contribution in [2.75, 3.05) is 14.2 Å². The Bertz CT molecular complexity index is 365. The van der Waals surface area contributed by atoms with Crippen LogP contribution in [0.15, 0.2) is 12.1 Å². The van der Waals surface area contributed by atoms with Gasteiger partial charge in [0.15, 0.2) is 5.75 Å². The molecule has 0 aromatic heterocycles. The van der Waals surface area contributed by atoms with Crippen molar-refractivity contribution < 1.29 is 14.3 Å². The molecule has 0 atom stereocenters. The third-order valence-corrected chi connectivity index (χ3v) is 2.11. The van der Waals surface area contributed by atoms with Crippen LogP contribution in [0.4, 0.5) is 0 Å². The molecule has 0 spiro atoms. The molecule has 76 valence electrons. The van der Waals surface area contributed by atoms with Crippen LogP contribution in [0.3, 0.4) is 0 Å². The lowest BCUT2D eigenvalue weighted by atomic mass is 10.2. The van der Waals surface area contributed by atoms with Gasteiger partial charge in [-0.3, -0.25) is 4.79 Å². The molecule has 0 aliphatic heterocycles. The molecule has 0 heterocycles. The summed E-state index contributed by atoms with van der Waals surface area (Å²) in [6.07, 6.45) is 0. The maximum Gasteiger partial charge on any atom is 0.252 e. The number of halogens is 1. The second kappa shape index (κ2) is 4.19. The van der Waals surface area contributed by atoms with Gasteiger partial charge in [0.25, 0.3) is 5.91 Å². The summed E-state index contributed by atoms with van der Waals surface area (Å²) in [5, 5.41) is 0.242. The molecule has 0 saturated heterocycles. The van der Waals surface area contributed by atoms with Gasteiger partial charge in [0.05, 0.1) is 19.8 Å². The van der Waals surface area contributed by atoms with Gasteiger partial charge in [-0.25, -0.2) is 0 Å². The standard InChI is InChI=1S/C9H10ClNO3/c1-13-6-4-3-5(9(11)12)8(14-2)7(6)10/h3-4H,1-2H3,(H2,11,12). The SMILES string of the molecule is COc1ccc(C(N)=O)c(OC)c1Cl. The topological polar surface area (TPSA) is 61.5 Å². The summed E-state index contributed by atoms with van der Waals surface area (Å²) in [5.74, 6) is 0.0819. The Morgan fingerprint density at radius 3 is 2.43 bits per heavy atom. The van der Waals surface area contributed by atoms with Crippen LogP contribution in [0.5, 0.6) is 11.5 Å². The summed E-state index contributed by atoms with van der Waals surface area (Å²) in [4.78, 5) is 11.0. The average molecular weight is 216 g/mol. The molecule has 2 N–H and O–H groups in total. The van der Waals surface area contributed by atoms with E-state index in [4.69, 9.17) is 26.8 Å². The molecule has 4 nitrogen and oxygen atoms in total. The van der Waals surface area contributed by atoms with Crippen LogP contribution >= 0.6 is 11.6 Å². The number of carbonyl (C=O) groups excluding carboxylic acids is 1. The molecular formula is C9H10ClNO3. The molecule has 1 amide bonds. The highest BCUT2D eigenvalue weighted by molar-refractivity contribution is 6.34. The highest BCUT2D eigenvalue weighted by Crippen LogP contribution is 2.36. The summed E-state index contributed by atoms with van der Waals surface area (Å²) >= 11 is 5.90. The predicted octanol–water partition coefficient (Wildman–Crippen LogP) is 1.46. The molecule has 0 aliphatic rings. The average Bonchev–Trinajstić information content (AvgIpc) is 2.17. The van der Waals surface area contributed by atoms with E-state index < -0.39 is 5.91 Å². The van der Waals surface area contributed by atoms with Crippen molar-refractivity contribution in [1.82, 2.24) is 0 Å². The first-order valence-corrected chi connectivity index (χ1v) is 4.20. The van der Waals surface area contributed by atoms with Crippen molar-refractivity contribution in [2.45, 2.75) is 0 Å². The fourth-order valence-electron chi connectivity index (χ4n) is 1.09. The van der Waals surface area contributed by atoms with Crippen LogP contribution in [-0.4, -0.2) is 20.1 Å². The number of carbonyl (C=O) groups is 1. The third kappa shape index (κ3) is 1.75. The monoisotopic (exact) mass is 215 g/mol. The second-order valence-electron chi connectivity index (χ2n) is 2.53. The fourth-order valence-corrected chi connectivity index (χ4v) is 1.41. The third-order valence-electron chi connectivity index (χ3n) is 1.75. The minimum atomic E-state index is -0.591.